The first kappa shape index (κ1) is 15.7. The average molecular weight is 307 g/mol. The number of rotatable bonds is 6. The Hall–Kier alpha value is -1.73. The molecule has 6 nitrogen and oxygen atoms in total. The van der Waals surface area contributed by atoms with Gasteiger partial charge in [-0.3, -0.25) is 0 Å². The van der Waals surface area contributed by atoms with Crippen LogP contribution in [0.1, 0.15) is 16.1 Å². The van der Waals surface area contributed by atoms with Gasteiger partial charge >= 0.3 is 5.97 Å². The minimum absolute atomic E-state index is 0.162. The molecule has 0 fully saturated rings. The fraction of sp³-hybridized carbons (Fsp3) is 0.500. The number of fused-ring (bicyclic) bond motifs is 1. The summed E-state index contributed by atoms with van der Waals surface area (Å²) in [6, 6.07) is 1.07. The predicted molar refractivity (Wildman–Crippen MR) is 83.3 cm³/mol. The third-order valence-electron chi connectivity index (χ3n) is 3.14. The molecule has 0 saturated carbocycles. The molecule has 0 aromatic carbocycles. The van der Waals surface area contributed by atoms with Crippen molar-refractivity contribution in [2.45, 2.75) is 39.3 Å². The zero-order valence-corrected chi connectivity index (χ0v) is 13.9. The molecule has 0 atom stereocenters. The maximum absolute atomic E-state index is 11.3. The second-order valence-electron chi connectivity index (χ2n) is 6.35. The molecule has 0 bridgehead atoms. The Balaban J connectivity index is 2.18. The van der Waals surface area contributed by atoms with Crippen molar-refractivity contribution in [2.75, 3.05) is 6.61 Å². The molecule has 21 heavy (non-hydrogen) atoms. The number of aryl methyl sites for hydroxylation is 1. The van der Waals surface area contributed by atoms with Crippen molar-refractivity contribution in [3.05, 3.63) is 23.7 Å². The molecule has 0 spiro atoms. The molecule has 2 rings (SSSR count). The molecule has 0 radical (unpaired) electrons. The minimum Gasteiger partial charge on any atom is -0.478 e. The maximum Gasteiger partial charge on any atom is 0.339 e. The lowest BCUT2D eigenvalue weighted by Gasteiger charge is -2.15. The number of carboxylic acids is 1. The zero-order valence-electron chi connectivity index (χ0n) is 12.9. The summed E-state index contributed by atoms with van der Waals surface area (Å²) in [4.78, 5) is 19.8. The lowest BCUT2D eigenvalue weighted by molar-refractivity contribution is 0.0696. The van der Waals surface area contributed by atoms with Gasteiger partial charge in [-0.15, -0.1) is 0 Å². The standard InChI is InChI=1S/C14H21N3O3Si/c1-10-7-15-13-12(16-10)11(14(18)19)8-17(13)9-20-5-6-21(2,3)4/h7-8H,5-6,9H2,1-4H3,(H,18,19). The third-order valence-corrected chi connectivity index (χ3v) is 4.85. The Morgan fingerprint density at radius 2 is 2.14 bits per heavy atom. The van der Waals surface area contributed by atoms with Crippen molar-refractivity contribution in [1.82, 2.24) is 14.5 Å². The summed E-state index contributed by atoms with van der Waals surface area (Å²) in [7, 11) is -1.13. The molecule has 114 valence electrons. The predicted octanol–water partition coefficient (Wildman–Crippen LogP) is 2.75. The van der Waals surface area contributed by atoms with Crippen molar-refractivity contribution in [1.29, 1.82) is 0 Å². The highest BCUT2D eigenvalue weighted by molar-refractivity contribution is 6.76. The van der Waals surface area contributed by atoms with Gasteiger partial charge in [-0.25, -0.2) is 14.8 Å². The summed E-state index contributed by atoms with van der Waals surface area (Å²) in [6.07, 6.45) is 3.17. The monoisotopic (exact) mass is 307 g/mol. The number of aromatic nitrogens is 3. The Bertz CT molecular complexity index is 661. The Morgan fingerprint density at radius 3 is 2.76 bits per heavy atom. The second-order valence-corrected chi connectivity index (χ2v) is 12.0. The van der Waals surface area contributed by atoms with Gasteiger partial charge in [-0.1, -0.05) is 19.6 Å². The van der Waals surface area contributed by atoms with E-state index in [2.05, 4.69) is 29.6 Å². The fourth-order valence-corrected chi connectivity index (χ4v) is 2.69. The van der Waals surface area contributed by atoms with Crippen molar-refractivity contribution in [2.24, 2.45) is 0 Å². The van der Waals surface area contributed by atoms with Gasteiger partial charge in [0.05, 0.1) is 11.9 Å². The van der Waals surface area contributed by atoms with Gasteiger partial charge in [0.2, 0.25) is 0 Å². The van der Waals surface area contributed by atoms with Crippen LogP contribution in [0.2, 0.25) is 25.7 Å². The summed E-state index contributed by atoms with van der Waals surface area (Å²) in [5.74, 6) is -0.999. The Kier molecular flexibility index (Phi) is 4.43. The van der Waals surface area contributed by atoms with Gasteiger partial charge in [-0.2, -0.15) is 0 Å². The molecule has 2 aromatic heterocycles. The van der Waals surface area contributed by atoms with Gasteiger partial charge in [0.25, 0.3) is 0 Å². The van der Waals surface area contributed by atoms with E-state index in [9.17, 15) is 9.90 Å². The highest BCUT2D eigenvalue weighted by Crippen LogP contribution is 2.18. The van der Waals surface area contributed by atoms with Crippen LogP contribution in [0.5, 0.6) is 0 Å². The highest BCUT2D eigenvalue weighted by atomic mass is 28.3. The van der Waals surface area contributed by atoms with E-state index in [0.29, 0.717) is 30.2 Å². The Labute approximate surface area is 124 Å². The molecule has 0 aliphatic heterocycles. The van der Waals surface area contributed by atoms with Crippen molar-refractivity contribution >= 4 is 25.2 Å². The van der Waals surface area contributed by atoms with Crippen LogP contribution in [-0.2, 0) is 11.5 Å². The Morgan fingerprint density at radius 1 is 1.43 bits per heavy atom. The van der Waals surface area contributed by atoms with E-state index in [0.717, 1.165) is 6.04 Å². The maximum atomic E-state index is 11.3. The van der Waals surface area contributed by atoms with Gasteiger partial charge in [0.15, 0.2) is 5.65 Å². The van der Waals surface area contributed by atoms with E-state index in [-0.39, 0.29) is 5.56 Å². The first-order chi connectivity index (χ1) is 9.78. The zero-order chi connectivity index (χ0) is 15.6. The van der Waals surface area contributed by atoms with Crippen molar-refractivity contribution in [3.8, 4) is 0 Å². The molecule has 0 aliphatic carbocycles. The fourth-order valence-electron chi connectivity index (χ4n) is 1.94. The molecule has 0 saturated heterocycles. The van der Waals surface area contributed by atoms with Gasteiger partial charge in [0, 0.05) is 20.9 Å². The van der Waals surface area contributed by atoms with E-state index >= 15 is 0 Å². The first-order valence-electron chi connectivity index (χ1n) is 6.91. The summed E-state index contributed by atoms with van der Waals surface area (Å²) < 4.78 is 7.37. The smallest absolute Gasteiger partial charge is 0.339 e. The van der Waals surface area contributed by atoms with E-state index in [4.69, 9.17) is 4.74 Å². The number of aromatic carboxylic acids is 1. The quantitative estimate of drug-likeness (QED) is 0.656. The lowest BCUT2D eigenvalue weighted by Crippen LogP contribution is -2.22. The number of carbonyl (C=O) groups is 1. The number of carboxylic acid groups (broad SMARTS) is 1. The molecular formula is C14H21N3O3Si. The number of nitrogens with zero attached hydrogens (tertiary/aromatic N) is 3. The van der Waals surface area contributed by atoms with Gasteiger partial charge in [0.1, 0.15) is 17.8 Å². The van der Waals surface area contributed by atoms with Crippen molar-refractivity contribution < 1.29 is 14.6 Å². The van der Waals surface area contributed by atoms with Crippen LogP contribution in [0.25, 0.3) is 11.2 Å². The van der Waals surface area contributed by atoms with E-state index in [1.165, 1.54) is 0 Å². The van der Waals surface area contributed by atoms with Crippen LogP contribution in [-0.4, -0.2) is 40.3 Å². The SMILES string of the molecule is Cc1cnc2c(n1)c(C(=O)O)cn2COCC[Si](C)(C)C. The lowest BCUT2D eigenvalue weighted by atomic mass is 10.3. The van der Waals surface area contributed by atoms with Gasteiger partial charge in [-0.05, 0) is 13.0 Å². The first-order valence-corrected chi connectivity index (χ1v) is 10.6. The average Bonchev–Trinajstić information content (AvgIpc) is 2.71. The molecule has 0 unspecified atom stereocenters. The largest absolute Gasteiger partial charge is 0.478 e. The van der Waals surface area contributed by atoms with E-state index in [1.807, 2.05) is 0 Å². The van der Waals surface area contributed by atoms with Crippen LogP contribution in [0.15, 0.2) is 12.4 Å². The second kappa shape index (κ2) is 5.95. The van der Waals surface area contributed by atoms with Crippen LogP contribution >= 0.6 is 0 Å². The molecule has 0 amide bonds. The minimum atomic E-state index is -1.13. The van der Waals surface area contributed by atoms with E-state index < -0.39 is 14.0 Å². The van der Waals surface area contributed by atoms with Crippen molar-refractivity contribution in [3.63, 3.8) is 0 Å². The highest BCUT2D eigenvalue weighted by Gasteiger charge is 2.17. The summed E-state index contributed by atoms with van der Waals surface area (Å²) in [5.41, 5.74) is 1.82. The number of hydrogen-bond donors (Lipinski definition) is 1. The third kappa shape index (κ3) is 3.89. The van der Waals surface area contributed by atoms with E-state index in [1.54, 1.807) is 23.9 Å². The molecule has 7 heteroatoms. The normalized spacial score (nSPS) is 12.0. The molecule has 1 N–H and O–H groups in total. The summed E-state index contributed by atoms with van der Waals surface area (Å²) in [5, 5.41) is 9.25. The van der Waals surface area contributed by atoms with Crippen LogP contribution < -0.4 is 0 Å². The van der Waals surface area contributed by atoms with Crippen LogP contribution in [0.4, 0.5) is 0 Å². The summed E-state index contributed by atoms with van der Waals surface area (Å²) in [6.45, 7) is 9.64. The molecular weight excluding hydrogens is 286 g/mol. The summed E-state index contributed by atoms with van der Waals surface area (Å²) >= 11 is 0. The molecule has 0 aliphatic rings. The number of hydrogen-bond acceptors (Lipinski definition) is 4. The molecule has 2 heterocycles. The van der Waals surface area contributed by atoms with Crippen LogP contribution in [0.3, 0.4) is 0 Å². The van der Waals surface area contributed by atoms with Crippen LogP contribution in [0, 0.1) is 6.92 Å². The number of ether oxygens (including phenoxy) is 1. The van der Waals surface area contributed by atoms with Gasteiger partial charge < -0.3 is 14.4 Å². The topological polar surface area (TPSA) is 77.2 Å². The molecule has 2 aromatic rings.